The summed E-state index contributed by atoms with van der Waals surface area (Å²) in [5.74, 6) is -0.310. The lowest BCUT2D eigenvalue weighted by Gasteiger charge is -2.11. The minimum atomic E-state index is -0.310. The molecule has 0 amide bonds. The van der Waals surface area contributed by atoms with Gasteiger partial charge in [0, 0.05) is 28.9 Å². The highest BCUT2D eigenvalue weighted by atomic mass is 16.5. The predicted molar refractivity (Wildman–Crippen MR) is 114 cm³/mol. The Labute approximate surface area is 166 Å². The van der Waals surface area contributed by atoms with E-state index in [-0.39, 0.29) is 5.97 Å². The first-order valence-electron chi connectivity index (χ1n) is 9.48. The Morgan fingerprint density at radius 3 is 2.36 bits per heavy atom. The van der Waals surface area contributed by atoms with E-state index in [0.29, 0.717) is 12.2 Å². The molecule has 1 aromatic heterocycles. The maximum Gasteiger partial charge on any atom is 0.338 e. The van der Waals surface area contributed by atoms with Crippen LogP contribution in [0.5, 0.6) is 0 Å². The van der Waals surface area contributed by atoms with Crippen molar-refractivity contribution in [3.05, 3.63) is 82.2 Å². The number of hydrogen-bond donors (Lipinski definition) is 0. The molecule has 4 heteroatoms. The third-order valence-corrected chi connectivity index (χ3v) is 4.95. The molecular formula is C24H26N2O2. The molecule has 0 aliphatic rings. The van der Waals surface area contributed by atoms with Crippen LogP contribution in [-0.2, 0) is 4.74 Å². The summed E-state index contributed by atoms with van der Waals surface area (Å²) in [6, 6.07) is 15.8. The maximum absolute atomic E-state index is 11.7. The van der Waals surface area contributed by atoms with Gasteiger partial charge in [0.05, 0.1) is 17.9 Å². The topological polar surface area (TPSA) is 43.6 Å². The number of rotatable bonds is 5. The van der Waals surface area contributed by atoms with Crippen molar-refractivity contribution >= 4 is 17.9 Å². The van der Waals surface area contributed by atoms with Gasteiger partial charge in [-0.1, -0.05) is 6.07 Å². The molecule has 0 saturated carbocycles. The summed E-state index contributed by atoms with van der Waals surface area (Å²) in [6.07, 6.45) is 1.87. The van der Waals surface area contributed by atoms with Crippen LogP contribution >= 0.6 is 0 Å². The van der Waals surface area contributed by atoms with Gasteiger partial charge in [-0.25, -0.2) is 4.79 Å². The Hall–Kier alpha value is -3.14. The number of aliphatic imine (C=N–C) groups is 1. The highest BCUT2D eigenvalue weighted by Crippen LogP contribution is 2.22. The Morgan fingerprint density at radius 1 is 1.00 bits per heavy atom. The molecule has 0 fully saturated rings. The van der Waals surface area contributed by atoms with Crippen molar-refractivity contribution in [2.24, 2.45) is 4.99 Å². The first kappa shape index (κ1) is 19.6. The molecule has 3 rings (SSSR count). The highest BCUT2D eigenvalue weighted by Gasteiger charge is 2.10. The number of carbonyl (C=O) groups is 1. The van der Waals surface area contributed by atoms with E-state index in [1.165, 1.54) is 16.8 Å². The molecule has 4 nitrogen and oxygen atoms in total. The van der Waals surface area contributed by atoms with Gasteiger partial charge in [-0.2, -0.15) is 0 Å². The fraction of sp³-hybridized carbons (Fsp3) is 0.250. The number of aromatic nitrogens is 1. The van der Waals surface area contributed by atoms with Crippen LogP contribution < -0.4 is 0 Å². The van der Waals surface area contributed by atoms with Crippen LogP contribution in [-0.4, -0.2) is 23.4 Å². The van der Waals surface area contributed by atoms with E-state index in [4.69, 9.17) is 4.74 Å². The summed E-state index contributed by atoms with van der Waals surface area (Å²) < 4.78 is 7.25. The molecule has 28 heavy (non-hydrogen) atoms. The normalized spacial score (nSPS) is 11.2. The molecule has 144 valence electrons. The van der Waals surface area contributed by atoms with E-state index in [2.05, 4.69) is 61.5 Å². The smallest absolute Gasteiger partial charge is 0.338 e. The minimum Gasteiger partial charge on any atom is -0.462 e. The molecule has 0 saturated heterocycles. The quantitative estimate of drug-likeness (QED) is 0.428. The monoisotopic (exact) mass is 374 g/mol. The van der Waals surface area contributed by atoms with Gasteiger partial charge in [0.15, 0.2) is 0 Å². The highest BCUT2D eigenvalue weighted by molar-refractivity contribution is 5.90. The van der Waals surface area contributed by atoms with E-state index in [1.54, 1.807) is 19.1 Å². The molecule has 0 atom stereocenters. The summed E-state index contributed by atoms with van der Waals surface area (Å²) in [6.45, 7) is 10.6. The van der Waals surface area contributed by atoms with E-state index in [1.807, 2.05) is 18.3 Å². The van der Waals surface area contributed by atoms with Gasteiger partial charge in [0.1, 0.15) is 0 Å². The average Bonchev–Trinajstić information content (AvgIpc) is 2.96. The lowest BCUT2D eigenvalue weighted by molar-refractivity contribution is 0.0526. The number of benzene rings is 2. The van der Waals surface area contributed by atoms with E-state index in [0.717, 1.165) is 22.6 Å². The second-order valence-corrected chi connectivity index (χ2v) is 6.96. The minimum absolute atomic E-state index is 0.310. The molecule has 0 N–H and O–H groups in total. The lowest BCUT2D eigenvalue weighted by Crippen LogP contribution is -2.03. The summed E-state index contributed by atoms with van der Waals surface area (Å²) >= 11 is 0. The maximum atomic E-state index is 11.7. The third kappa shape index (κ3) is 4.06. The van der Waals surface area contributed by atoms with Gasteiger partial charge in [-0.3, -0.25) is 4.99 Å². The molecule has 0 aliphatic carbocycles. The van der Waals surface area contributed by atoms with Crippen LogP contribution in [0, 0.1) is 27.7 Å². The summed E-state index contributed by atoms with van der Waals surface area (Å²) in [5.41, 5.74) is 8.45. The van der Waals surface area contributed by atoms with Gasteiger partial charge in [0.2, 0.25) is 0 Å². The van der Waals surface area contributed by atoms with Crippen LogP contribution in [0.2, 0.25) is 0 Å². The van der Waals surface area contributed by atoms with Gasteiger partial charge < -0.3 is 9.30 Å². The summed E-state index contributed by atoms with van der Waals surface area (Å²) in [4.78, 5) is 16.3. The lowest BCUT2D eigenvalue weighted by atomic mass is 10.1. The Bertz CT molecular complexity index is 1030. The molecule has 3 aromatic rings. The van der Waals surface area contributed by atoms with Gasteiger partial charge in [0.25, 0.3) is 0 Å². The first-order chi connectivity index (χ1) is 13.4. The molecule has 0 spiro atoms. The fourth-order valence-corrected chi connectivity index (χ4v) is 3.22. The van der Waals surface area contributed by atoms with Crippen LogP contribution in [0.15, 0.2) is 53.5 Å². The van der Waals surface area contributed by atoms with Crippen LogP contribution in [0.1, 0.15) is 45.4 Å². The van der Waals surface area contributed by atoms with E-state index >= 15 is 0 Å². The Kier molecular flexibility index (Phi) is 5.78. The van der Waals surface area contributed by atoms with Crippen LogP contribution in [0.3, 0.4) is 0 Å². The van der Waals surface area contributed by atoms with Gasteiger partial charge in [-0.05, 0) is 88.2 Å². The molecular weight excluding hydrogens is 348 g/mol. The summed E-state index contributed by atoms with van der Waals surface area (Å²) in [7, 11) is 0. The van der Waals surface area contributed by atoms with Gasteiger partial charge >= 0.3 is 5.97 Å². The zero-order chi connectivity index (χ0) is 20.3. The van der Waals surface area contributed by atoms with Crippen molar-refractivity contribution in [1.29, 1.82) is 0 Å². The number of ether oxygens (including phenoxy) is 1. The second kappa shape index (κ2) is 8.26. The SMILES string of the molecule is CCOC(=O)c1ccc(N=Cc2cc(C)n(-c3ccc(C)c(C)c3)c2C)cc1. The number of nitrogens with zero attached hydrogens (tertiary/aromatic N) is 2. The number of aryl methyl sites for hydroxylation is 3. The predicted octanol–water partition coefficient (Wildman–Crippen LogP) is 5.64. The van der Waals surface area contributed by atoms with Crippen molar-refractivity contribution < 1.29 is 9.53 Å². The van der Waals surface area contributed by atoms with Crippen molar-refractivity contribution in [2.75, 3.05) is 6.61 Å². The second-order valence-electron chi connectivity index (χ2n) is 6.96. The van der Waals surface area contributed by atoms with Crippen molar-refractivity contribution in [3.8, 4) is 5.69 Å². The number of carbonyl (C=O) groups excluding carboxylic acids is 1. The zero-order valence-corrected chi connectivity index (χ0v) is 17.1. The van der Waals surface area contributed by atoms with Crippen molar-refractivity contribution in [2.45, 2.75) is 34.6 Å². The zero-order valence-electron chi connectivity index (χ0n) is 17.1. The molecule has 2 aromatic carbocycles. The number of esters is 1. The Balaban J connectivity index is 1.85. The van der Waals surface area contributed by atoms with Crippen LogP contribution in [0.25, 0.3) is 5.69 Å². The molecule has 0 radical (unpaired) electrons. The molecule has 0 bridgehead atoms. The largest absolute Gasteiger partial charge is 0.462 e. The average molecular weight is 374 g/mol. The summed E-state index contributed by atoms with van der Waals surface area (Å²) in [5, 5.41) is 0. The molecule has 0 unspecified atom stereocenters. The van der Waals surface area contributed by atoms with Gasteiger partial charge in [-0.15, -0.1) is 0 Å². The third-order valence-electron chi connectivity index (χ3n) is 4.95. The number of hydrogen-bond acceptors (Lipinski definition) is 3. The van der Waals surface area contributed by atoms with E-state index < -0.39 is 0 Å². The van der Waals surface area contributed by atoms with Crippen LogP contribution in [0.4, 0.5) is 5.69 Å². The molecule has 1 heterocycles. The molecule has 0 aliphatic heterocycles. The van der Waals surface area contributed by atoms with Crippen molar-refractivity contribution in [3.63, 3.8) is 0 Å². The first-order valence-corrected chi connectivity index (χ1v) is 9.48. The van der Waals surface area contributed by atoms with E-state index in [9.17, 15) is 4.79 Å². The standard InChI is InChI=1S/C24H26N2O2/c1-6-28-24(27)20-8-10-22(11-9-20)25-15-21-14-18(4)26(19(21)5)23-12-7-16(2)17(3)13-23/h7-15H,6H2,1-5H3. The van der Waals surface area contributed by atoms with Crippen molar-refractivity contribution in [1.82, 2.24) is 4.57 Å². The fourth-order valence-electron chi connectivity index (χ4n) is 3.22. The Morgan fingerprint density at radius 2 is 1.71 bits per heavy atom.